The van der Waals surface area contributed by atoms with Crippen molar-refractivity contribution in [1.29, 1.82) is 0 Å². The number of rotatable bonds is 7. The molecule has 1 aliphatic rings. The molecular formula is C19H22N2O3. The number of hydrogen-bond donors (Lipinski definition) is 1. The minimum Gasteiger partial charge on any atom is -0.493 e. The number of nitrogens with zero attached hydrogens (tertiary/aromatic N) is 1. The Balaban J connectivity index is 1.43. The van der Waals surface area contributed by atoms with Crippen LogP contribution < -0.4 is 10.1 Å². The summed E-state index contributed by atoms with van der Waals surface area (Å²) in [6.45, 7) is 1.62. The van der Waals surface area contributed by atoms with Gasteiger partial charge in [-0.05, 0) is 36.2 Å². The first-order chi connectivity index (χ1) is 11.8. The second-order valence-corrected chi connectivity index (χ2v) is 5.94. The molecule has 0 radical (unpaired) electrons. The van der Waals surface area contributed by atoms with Crippen LogP contribution in [0.25, 0.3) is 0 Å². The standard InChI is InChI=1S/C19H22N2O3/c22-19(8-11-24-17-4-2-1-3-5-17)21-18-14-23-13-16(18)12-15-6-9-20-10-7-15/h1-7,9-10,16,18H,8,11-14H2,(H,21,22)/t16-,18+/m1/s1. The van der Waals surface area contributed by atoms with Crippen molar-refractivity contribution < 1.29 is 14.3 Å². The van der Waals surface area contributed by atoms with Gasteiger partial charge >= 0.3 is 0 Å². The summed E-state index contributed by atoms with van der Waals surface area (Å²) in [5, 5.41) is 3.08. The Morgan fingerprint density at radius 3 is 2.75 bits per heavy atom. The number of nitrogens with one attached hydrogen (secondary N) is 1. The first kappa shape index (κ1) is 16.5. The van der Waals surface area contributed by atoms with Crippen molar-refractivity contribution >= 4 is 5.91 Å². The Kier molecular flexibility index (Phi) is 5.80. The highest BCUT2D eigenvalue weighted by Gasteiger charge is 2.29. The molecule has 0 aliphatic carbocycles. The fourth-order valence-electron chi connectivity index (χ4n) is 2.84. The number of carbonyl (C=O) groups excluding carboxylic acids is 1. The van der Waals surface area contributed by atoms with Gasteiger partial charge < -0.3 is 14.8 Å². The molecule has 126 valence electrons. The Bertz CT molecular complexity index is 634. The largest absolute Gasteiger partial charge is 0.493 e. The van der Waals surface area contributed by atoms with E-state index in [2.05, 4.69) is 10.3 Å². The van der Waals surface area contributed by atoms with Crippen LogP contribution in [0.1, 0.15) is 12.0 Å². The van der Waals surface area contributed by atoms with E-state index < -0.39 is 0 Å². The van der Waals surface area contributed by atoms with Gasteiger partial charge in [-0.3, -0.25) is 9.78 Å². The maximum atomic E-state index is 12.1. The molecule has 1 N–H and O–H groups in total. The van der Waals surface area contributed by atoms with Crippen LogP contribution >= 0.6 is 0 Å². The number of ether oxygens (including phenoxy) is 2. The van der Waals surface area contributed by atoms with Gasteiger partial charge in [-0.1, -0.05) is 18.2 Å². The molecule has 1 fully saturated rings. The van der Waals surface area contributed by atoms with E-state index in [0.717, 1.165) is 12.2 Å². The Labute approximate surface area is 142 Å². The minimum atomic E-state index is 0.00107. The topological polar surface area (TPSA) is 60.5 Å². The quantitative estimate of drug-likeness (QED) is 0.847. The lowest BCUT2D eigenvalue weighted by Gasteiger charge is -2.19. The van der Waals surface area contributed by atoms with Crippen LogP contribution in [-0.2, 0) is 16.0 Å². The molecule has 5 heteroatoms. The lowest BCUT2D eigenvalue weighted by Crippen LogP contribution is -2.41. The van der Waals surface area contributed by atoms with E-state index in [0.29, 0.717) is 32.2 Å². The molecule has 5 nitrogen and oxygen atoms in total. The van der Waals surface area contributed by atoms with Gasteiger partial charge in [0.15, 0.2) is 0 Å². The van der Waals surface area contributed by atoms with Gasteiger partial charge in [0.1, 0.15) is 5.75 Å². The highest BCUT2D eigenvalue weighted by atomic mass is 16.5. The van der Waals surface area contributed by atoms with Crippen LogP contribution in [0.15, 0.2) is 54.9 Å². The van der Waals surface area contributed by atoms with E-state index in [-0.39, 0.29) is 11.9 Å². The first-order valence-electron chi connectivity index (χ1n) is 8.25. The lowest BCUT2D eigenvalue weighted by atomic mass is 9.95. The van der Waals surface area contributed by atoms with Crippen molar-refractivity contribution in [2.24, 2.45) is 5.92 Å². The van der Waals surface area contributed by atoms with Crippen LogP contribution in [0.5, 0.6) is 5.75 Å². The number of carbonyl (C=O) groups is 1. The zero-order valence-corrected chi connectivity index (χ0v) is 13.6. The van der Waals surface area contributed by atoms with Gasteiger partial charge in [0.2, 0.25) is 5.91 Å². The third-order valence-corrected chi connectivity index (χ3v) is 4.13. The molecule has 1 saturated heterocycles. The third-order valence-electron chi connectivity index (χ3n) is 4.13. The molecule has 24 heavy (non-hydrogen) atoms. The number of para-hydroxylation sites is 1. The molecule has 1 amide bonds. The summed E-state index contributed by atoms with van der Waals surface area (Å²) >= 11 is 0. The van der Waals surface area contributed by atoms with Crippen molar-refractivity contribution in [3.8, 4) is 5.75 Å². The summed E-state index contributed by atoms with van der Waals surface area (Å²) in [4.78, 5) is 16.2. The van der Waals surface area contributed by atoms with Crippen LogP contribution in [-0.4, -0.2) is 36.8 Å². The molecule has 0 spiro atoms. The van der Waals surface area contributed by atoms with Gasteiger partial charge in [0, 0.05) is 18.3 Å². The zero-order chi connectivity index (χ0) is 16.6. The summed E-state index contributed by atoms with van der Waals surface area (Å²) in [6.07, 6.45) is 4.81. The molecule has 1 aromatic carbocycles. The van der Waals surface area contributed by atoms with Gasteiger partial charge in [-0.25, -0.2) is 0 Å². The average molecular weight is 326 g/mol. The number of benzene rings is 1. The van der Waals surface area contributed by atoms with Crippen LogP contribution in [0.3, 0.4) is 0 Å². The van der Waals surface area contributed by atoms with Gasteiger partial charge in [0.25, 0.3) is 0 Å². The number of pyridine rings is 1. The maximum Gasteiger partial charge on any atom is 0.223 e. The Hall–Kier alpha value is -2.40. The summed E-state index contributed by atoms with van der Waals surface area (Å²) in [5.41, 5.74) is 1.21. The number of aromatic nitrogens is 1. The molecule has 0 saturated carbocycles. The van der Waals surface area contributed by atoms with E-state index in [4.69, 9.17) is 9.47 Å². The normalized spacial score (nSPS) is 19.8. The molecule has 1 aliphatic heterocycles. The molecule has 0 unspecified atom stereocenters. The summed E-state index contributed by atoms with van der Waals surface area (Å²) in [5.74, 6) is 1.08. The monoisotopic (exact) mass is 326 g/mol. The second-order valence-electron chi connectivity index (χ2n) is 5.94. The molecule has 2 aromatic rings. The highest BCUT2D eigenvalue weighted by molar-refractivity contribution is 5.76. The van der Waals surface area contributed by atoms with E-state index in [9.17, 15) is 4.79 Å². The number of amides is 1. The lowest BCUT2D eigenvalue weighted by molar-refractivity contribution is -0.122. The summed E-state index contributed by atoms with van der Waals surface area (Å²) in [7, 11) is 0. The Morgan fingerprint density at radius 2 is 1.96 bits per heavy atom. The summed E-state index contributed by atoms with van der Waals surface area (Å²) in [6, 6.07) is 13.6. The smallest absolute Gasteiger partial charge is 0.223 e. The first-order valence-corrected chi connectivity index (χ1v) is 8.25. The van der Waals surface area contributed by atoms with Gasteiger partial charge in [-0.2, -0.15) is 0 Å². The van der Waals surface area contributed by atoms with E-state index >= 15 is 0 Å². The van der Waals surface area contributed by atoms with Crippen LogP contribution in [0.2, 0.25) is 0 Å². The third kappa shape index (κ3) is 4.80. The Morgan fingerprint density at radius 1 is 1.17 bits per heavy atom. The fourth-order valence-corrected chi connectivity index (χ4v) is 2.84. The average Bonchev–Trinajstić information content (AvgIpc) is 3.03. The molecular weight excluding hydrogens is 304 g/mol. The predicted octanol–water partition coefficient (Wildman–Crippen LogP) is 2.22. The molecule has 3 rings (SSSR count). The van der Waals surface area contributed by atoms with Crippen molar-refractivity contribution in [1.82, 2.24) is 10.3 Å². The number of hydrogen-bond acceptors (Lipinski definition) is 4. The van der Waals surface area contributed by atoms with Crippen molar-refractivity contribution in [3.05, 3.63) is 60.4 Å². The highest BCUT2D eigenvalue weighted by Crippen LogP contribution is 2.19. The predicted molar refractivity (Wildman–Crippen MR) is 90.7 cm³/mol. The van der Waals surface area contributed by atoms with Crippen LogP contribution in [0, 0.1) is 5.92 Å². The van der Waals surface area contributed by atoms with Crippen molar-refractivity contribution in [2.75, 3.05) is 19.8 Å². The fraction of sp³-hybridized carbons (Fsp3) is 0.368. The zero-order valence-electron chi connectivity index (χ0n) is 13.6. The van der Waals surface area contributed by atoms with Crippen molar-refractivity contribution in [3.63, 3.8) is 0 Å². The van der Waals surface area contributed by atoms with Crippen molar-refractivity contribution in [2.45, 2.75) is 18.9 Å². The SMILES string of the molecule is O=C(CCOc1ccccc1)N[C@H]1COC[C@H]1Cc1ccncc1. The molecule has 2 heterocycles. The summed E-state index contributed by atoms with van der Waals surface area (Å²) < 4.78 is 11.1. The second kappa shape index (κ2) is 8.45. The molecule has 2 atom stereocenters. The maximum absolute atomic E-state index is 12.1. The van der Waals surface area contributed by atoms with Crippen LogP contribution in [0.4, 0.5) is 0 Å². The van der Waals surface area contributed by atoms with E-state index in [1.807, 2.05) is 42.5 Å². The van der Waals surface area contributed by atoms with E-state index in [1.165, 1.54) is 5.56 Å². The molecule has 0 bridgehead atoms. The molecule has 1 aromatic heterocycles. The van der Waals surface area contributed by atoms with E-state index in [1.54, 1.807) is 12.4 Å². The van der Waals surface area contributed by atoms with Gasteiger partial charge in [-0.15, -0.1) is 0 Å². The minimum absolute atomic E-state index is 0.00107. The van der Waals surface area contributed by atoms with Gasteiger partial charge in [0.05, 0.1) is 32.3 Å².